The molecule has 0 aliphatic carbocycles. The molecule has 3 fully saturated rings. The van der Waals surface area contributed by atoms with Gasteiger partial charge in [-0.1, -0.05) is 39.3 Å². The minimum absolute atomic E-state index is 0.0236. The third kappa shape index (κ3) is 5.40. The van der Waals surface area contributed by atoms with E-state index in [9.17, 15) is 19.5 Å². The van der Waals surface area contributed by atoms with Crippen LogP contribution in [0.2, 0.25) is 0 Å². The number of allylic oxidation sites excluding steroid dienone is 1. The van der Waals surface area contributed by atoms with Gasteiger partial charge in [-0.15, -0.1) is 24.9 Å². The predicted octanol–water partition coefficient (Wildman–Crippen LogP) is 3.81. The zero-order valence-corrected chi connectivity index (χ0v) is 23.0. The molecule has 36 heavy (non-hydrogen) atoms. The van der Waals surface area contributed by atoms with Gasteiger partial charge in [0, 0.05) is 18.3 Å². The van der Waals surface area contributed by atoms with E-state index in [1.54, 1.807) is 33.7 Å². The number of aliphatic hydroxyl groups excluding tert-OH is 1. The molecule has 2 amide bonds. The SMILES string of the molecule is C=CCCCOC(=O)[C@@H]1[C@@H]2CCC3(S2)C(C(=O)N(CC=C)CCCC)N([C@@H](CO)CC(C)C)C(=O)[C@H]13. The highest BCUT2D eigenvalue weighted by atomic mass is 32.2. The monoisotopic (exact) mass is 520 g/mol. The summed E-state index contributed by atoms with van der Waals surface area (Å²) in [5, 5.41) is 10.3. The number of amides is 2. The molecule has 1 spiro atoms. The van der Waals surface area contributed by atoms with E-state index in [0.29, 0.717) is 39.0 Å². The van der Waals surface area contributed by atoms with Gasteiger partial charge in [0.2, 0.25) is 11.8 Å². The molecule has 0 radical (unpaired) electrons. The van der Waals surface area contributed by atoms with E-state index < -0.39 is 28.7 Å². The van der Waals surface area contributed by atoms with Crippen molar-refractivity contribution in [1.29, 1.82) is 0 Å². The van der Waals surface area contributed by atoms with Gasteiger partial charge in [0.05, 0.1) is 35.8 Å². The first-order chi connectivity index (χ1) is 17.3. The third-order valence-corrected chi connectivity index (χ3v) is 9.78. The van der Waals surface area contributed by atoms with Crippen molar-refractivity contribution in [3.05, 3.63) is 25.3 Å². The van der Waals surface area contributed by atoms with E-state index in [-0.39, 0.29) is 35.6 Å². The van der Waals surface area contributed by atoms with Crippen LogP contribution < -0.4 is 0 Å². The molecule has 2 bridgehead atoms. The summed E-state index contributed by atoms with van der Waals surface area (Å²) in [6.45, 7) is 14.8. The first kappa shape index (κ1) is 28.8. The largest absolute Gasteiger partial charge is 0.465 e. The molecule has 1 N–H and O–H groups in total. The predicted molar refractivity (Wildman–Crippen MR) is 143 cm³/mol. The van der Waals surface area contributed by atoms with Gasteiger partial charge in [-0.2, -0.15) is 0 Å². The topological polar surface area (TPSA) is 87.2 Å². The molecular formula is C28H44N2O5S. The number of hydrogen-bond acceptors (Lipinski definition) is 6. The normalized spacial score (nSPS) is 29.4. The molecule has 0 aromatic heterocycles. The Bertz CT molecular complexity index is 833. The third-order valence-electron chi connectivity index (χ3n) is 7.83. The second kappa shape index (κ2) is 12.6. The van der Waals surface area contributed by atoms with Crippen molar-refractivity contribution < 1.29 is 24.2 Å². The number of rotatable bonds is 15. The van der Waals surface area contributed by atoms with Crippen molar-refractivity contribution in [3.63, 3.8) is 0 Å². The van der Waals surface area contributed by atoms with Crippen LogP contribution in [-0.4, -0.2) is 81.1 Å². The van der Waals surface area contributed by atoms with E-state index in [1.807, 2.05) is 13.8 Å². The van der Waals surface area contributed by atoms with Crippen molar-refractivity contribution >= 4 is 29.5 Å². The summed E-state index contributed by atoms with van der Waals surface area (Å²) >= 11 is 1.65. The van der Waals surface area contributed by atoms with E-state index in [0.717, 1.165) is 25.7 Å². The fraction of sp³-hybridized carbons (Fsp3) is 0.750. The summed E-state index contributed by atoms with van der Waals surface area (Å²) in [4.78, 5) is 45.1. The van der Waals surface area contributed by atoms with Crippen molar-refractivity contribution in [2.45, 2.75) is 87.8 Å². The van der Waals surface area contributed by atoms with E-state index in [2.05, 4.69) is 20.1 Å². The molecule has 0 saturated carbocycles. The Morgan fingerprint density at radius 1 is 1.31 bits per heavy atom. The van der Waals surface area contributed by atoms with Crippen molar-refractivity contribution in [2.24, 2.45) is 17.8 Å². The Hall–Kier alpha value is -1.80. The summed E-state index contributed by atoms with van der Waals surface area (Å²) in [6.07, 6.45) is 8.88. The van der Waals surface area contributed by atoms with Gasteiger partial charge in [-0.05, 0) is 44.4 Å². The highest BCUT2D eigenvalue weighted by Gasteiger charge is 2.74. The van der Waals surface area contributed by atoms with Crippen LogP contribution in [0.15, 0.2) is 25.3 Å². The van der Waals surface area contributed by atoms with Crippen LogP contribution in [0, 0.1) is 17.8 Å². The number of aliphatic hydroxyl groups is 1. The molecule has 3 aliphatic rings. The number of carbonyl (C=O) groups is 3. The summed E-state index contributed by atoms with van der Waals surface area (Å²) in [5.41, 5.74) is 0. The smallest absolute Gasteiger partial charge is 0.310 e. The average molecular weight is 521 g/mol. The molecule has 3 rings (SSSR count). The Morgan fingerprint density at radius 2 is 2.06 bits per heavy atom. The van der Waals surface area contributed by atoms with Gasteiger partial charge in [-0.3, -0.25) is 14.4 Å². The average Bonchev–Trinajstić information content (AvgIpc) is 3.49. The first-order valence-electron chi connectivity index (χ1n) is 13.5. The quantitative estimate of drug-likeness (QED) is 0.201. The number of carbonyl (C=O) groups excluding carboxylic acids is 3. The Labute approximate surface area is 220 Å². The summed E-state index contributed by atoms with van der Waals surface area (Å²) in [7, 11) is 0. The number of unbranched alkanes of at least 4 members (excludes halogenated alkanes) is 2. The van der Waals surface area contributed by atoms with Crippen LogP contribution in [0.25, 0.3) is 0 Å². The molecule has 0 aromatic rings. The number of nitrogens with zero attached hydrogens (tertiary/aromatic N) is 2. The second-order valence-electron chi connectivity index (χ2n) is 10.8. The van der Waals surface area contributed by atoms with Crippen molar-refractivity contribution in [2.75, 3.05) is 26.3 Å². The molecule has 3 aliphatic heterocycles. The molecular weight excluding hydrogens is 476 g/mol. The van der Waals surface area contributed by atoms with Crippen LogP contribution >= 0.6 is 11.8 Å². The summed E-state index contributed by atoms with van der Waals surface area (Å²) in [6, 6.07) is -1.16. The fourth-order valence-corrected chi connectivity index (χ4v) is 8.50. The molecule has 202 valence electrons. The number of thioether (sulfide) groups is 1. The van der Waals surface area contributed by atoms with Crippen LogP contribution in [0.1, 0.15) is 65.7 Å². The molecule has 6 atom stereocenters. The first-order valence-corrected chi connectivity index (χ1v) is 14.4. The lowest BCUT2D eigenvalue weighted by molar-refractivity contribution is -0.154. The van der Waals surface area contributed by atoms with Gasteiger partial charge in [0.25, 0.3) is 0 Å². The molecule has 3 saturated heterocycles. The van der Waals surface area contributed by atoms with Crippen molar-refractivity contribution in [1.82, 2.24) is 9.80 Å². The number of esters is 1. The van der Waals surface area contributed by atoms with Gasteiger partial charge >= 0.3 is 5.97 Å². The standard InChI is InChI=1S/C28H44N2O5S/c1-6-9-11-16-35-27(34)22-21-12-13-28(36-21)23(22)25(32)30(20(18-31)17-19(4)5)24(28)26(33)29(14-8-3)15-10-7-2/h6,8,19-24,31H,1,3,7,9-18H2,2,4-5H3/t20-,21+,22-,23+,24?,28?/m1/s1. The van der Waals surface area contributed by atoms with E-state index >= 15 is 0 Å². The zero-order valence-electron chi connectivity index (χ0n) is 22.2. The number of fused-ring (bicyclic) bond motifs is 1. The molecule has 3 heterocycles. The Kier molecular flexibility index (Phi) is 10.1. The zero-order chi connectivity index (χ0) is 26.5. The number of hydrogen-bond donors (Lipinski definition) is 1. The number of ether oxygens (including phenoxy) is 1. The number of likely N-dealkylation sites (tertiary alicyclic amines) is 1. The molecule has 2 unspecified atom stereocenters. The lowest BCUT2D eigenvalue weighted by Gasteiger charge is -2.40. The van der Waals surface area contributed by atoms with Crippen molar-refractivity contribution in [3.8, 4) is 0 Å². The maximum atomic E-state index is 14.2. The lowest BCUT2D eigenvalue weighted by Crippen LogP contribution is -2.57. The molecule has 0 aromatic carbocycles. The van der Waals surface area contributed by atoms with Crippen LogP contribution in [-0.2, 0) is 19.1 Å². The van der Waals surface area contributed by atoms with Crippen LogP contribution in [0.4, 0.5) is 0 Å². The minimum atomic E-state index is -0.698. The van der Waals surface area contributed by atoms with Gasteiger partial charge in [-0.25, -0.2) is 0 Å². The highest BCUT2D eigenvalue weighted by Crippen LogP contribution is 2.67. The van der Waals surface area contributed by atoms with Crippen LogP contribution in [0.3, 0.4) is 0 Å². The summed E-state index contributed by atoms with van der Waals surface area (Å²) < 4.78 is 4.96. The summed E-state index contributed by atoms with van der Waals surface area (Å²) in [5.74, 6) is -1.51. The maximum absolute atomic E-state index is 14.2. The Balaban J connectivity index is 1.99. The van der Waals surface area contributed by atoms with E-state index in [4.69, 9.17) is 4.74 Å². The van der Waals surface area contributed by atoms with Gasteiger partial charge < -0.3 is 19.6 Å². The van der Waals surface area contributed by atoms with Gasteiger partial charge in [0.1, 0.15) is 6.04 Å². The minimum Gasteiger partial charge on any atom is -0.465 e. The fourth-order valence-electron chi connectivity index (χ4n) is 6.32. The maximum Gasteiger partial charge on any atom is 0.310 e. The molecule has 8 heteroatoms. The Morgan fingerprint density at radius 3 is 2.67 bits per heavy atom. The molecule has 7 nitrogen and oxygen atoms in total. The van der Waals surface area contributed by atoms with E-state index in [1.165, 1.54) is 0 Å². The van der Waals surface area contributed by atoms with Crippen LogP contribution in [0.5, 0.6) is 0 Å². The highest BCUT2D eigenvalue weighted by molar-refractivity contribution is 8.02. The van der Waals surface area contributed by atoms with Gasteiger partial charge in [0.15, 0.2) is 0 Å². The lowest BCUT2D eigenvalue weighted by atomic mass is 9.71. The second-order valence-corrected chi connectivity index (χ2v) is 12.4.